The van der Waals surface area contributed by atoms with Crippen molar-refractivity contribution in [3.05, 3.63) is 35.4 Å². The summed E-state index contributed by atoms with van der Waals surface area (Å²) in [4.78, 5) is 51.6. The second kappa shape index (κ2) is 13.8. The summed E-state index contributed by atoms with van der Waals surface area (Å²) < 4.78 is 0. The topological polar surface area (TPSA) is 102 Å². The lowest BCUT2D eigenvalue weighted by Gasteiger charge is -2.48. The molecular formula is C36H62N4O6. The van der Waals surface area contributed by atoms with E-state index in [0.29, 0.717) is 0 Å². The summed E-state index contributed by atoms with van der Waals surface area (Å²) in [6.45, 7) is 25.2. The van der Waals surface area contributed by atoms with Crippen molar-refractivity contribution < 1.29 is 29.1 Å². The third-order valence-corrected chi connectivity index (χ3v) is 9.30. The Kier molecular flexibility index (Phi) is 11.5. The van der Waals surface area contributed by atoms with Crippen LogP contribution in [0.25, 0.3) is 0 Å². The first-order valence-electron chi connectivity index (χ1n) is 16.7. The van der Waals surface area contributed by atoms with E-state index in [2.05, 4.69) is 75.8 Å². The normalized spacial score (nSPS) is 21.7. The Labute approximate surface area is 278 Å². The van der Waals surface area contributed by atoms with Crippen LogP contribution < -0.4 is 10.6 Å². The smallest absolute Gasteiger partial charge is 0.307 e. The molecule has 2 aliphatic heterocycles. The number of piperidine rings is 2. The first kappa shape index (κ1) is 38.4. The van der Waals surface area contributed by atoms with Gasteiger partial charge < -0.3 is 10.6 Å². The van der Waals surface area contributed by atoms with Gasteiger partial charge in [-0.25, -0.2) is 9.59 Å². The monoisotopic (exact) mass is 646 g/mol. The lowest BCUT2D eigenvalue weighted by molar-refractivity contribution is -0.330. The van der Waals surface area contributed by atoms with Gasteiger partial charge in [-0.15, -0.1) is 0 Å². The van der Waals surface area contributed by atoms with Crippen LogP contribution in [0, 0.1) is 0 Å². The van der Waals surface area contributed by atoms with E-state index in [1.807, 2.05) is 66.1 Å². The molecule has 1 aromatic rings. The first-order valence-corrected chi connectivity index (χ1v) is 16.7. The molecule has 0 amide bonds. The standard InChI is InChI=1S/C36H62N4O6/c1-31(2)19-27(20-32(3,4)37-31)39(13)23-29(41)43-45-35(9,10)25-15-17-26(18-16-25)36(11,12)46-44-30(42)24-40(14)28-21-33(5,6)38-34(7,8)22-28/h15-18,27-28,37-38H,19-24H2,1-14H3. The number of nitrogens with zero attached hydrogens (tertiary/aromatic N) is 2. The number of carbonyl (C=O) groups excluding carboxylic acids is 2. The maximum Gasteiger partial charge on any atom is 0.356 e. The van der Waals surface area contributed by atoms with E-state index in [9.17, 15) is 9.59 Å². The Hall–Kier alpha value is -2.08. The lowest BCUT2D eigenvalue weighted by Crippen LogP contribution is -2.62. The van der Waals surface area contributed by atoms with Crippen LogP contribution >= 0.6 is 0 Å². The van der Waals surface area contributed by atoms with E-state index in [-0.39, 0.29) is 47.3 Å². The van der Waals surface area contributed by atoms with Crippen LogP contribution in [-0.2, 0) is 40.3 Å². The minimum absolute atomic E-state index is 0.0187. The fourth-order valence-corrected chi connectivity index (χ4v) is 7.55. The van der Waals surface area contributed by atoms with Gasteiger partial charge in [-0.1, -0.05) is 24.3 Å². The molecule has 1 aromatic carbocycles. The third-order valence-electron chi connectivity index (χ3n) is 9.30. The Balaban J connectivity index is 1.50. The van der Waals surface area contributed by atoms with Crippen LogP contribution in [0.2, 0.25) is 0 Å². The van der Waals surface area contributed by atoms with Gasteiger partial charge in [0.1, 0.15) is 24.3 Å². The van der Waals surface area contributed by atoms with E-state index in [0.717, 1.165) is 36.8 Å². The Morgan fingerprint density at radius 3 is 1.15 bits per heavy atom. The average Bonchev–Trinajstić information content (AvgIpc) is 2.87. The number of hydrogen-bond acceptors (Lipinski definition) is 10. The maximum atomic E-state index is 12.8. The van der Waals surface area contributed by atoms with Gasteiger partial charge >= 0.3 is 11.9 Å². The van der Waals surface area contributed by atoms with Crippen molar-refractivity contribution in [1.29, 1.82) is 0 Å². The number of hydrogen-bond donors (Lipinski definition) is 2. The SMILES string of the molecule is CN(CC(=O)OOC(C)(C)c1ccc(C(C)(C)OOC(=O)CN(C)C2CC(C)(C)NC(C)(C)C2)cc1)C1CC(C)(C)NC(C)(C)C1. The summed E-state index contributed by atoms with van der Waals surface area (Å²) in [7, 11) is 3.92. The number of nitrogens with one attached hydrogen (secondary N) is 2. The zero-order chi connectivity index (χ0) is 34.9. The summed E-state index contributed by atoms with van der Waals surface area (Å²) in [5.41, 5.74) is -0.200. The summed E-state index contributed by atoms with van der Waals surface area (Å²) in [6, 6.07) is 8.09. The molecule has 3 rings (SSSR count). The lowest BCUT2D eigenvalue weighted by atomic mass is 9.79. The van der Waals surface area contributed by atoms with Crippen LogP contribution in [0.15, 0.2) is 24.3 Å². The Morgan fingerprint density at radius 2 is 0.891 bits per heavy atom. The molecule has 0 aromatic heterocycles. The largest absolute Gasteiger partial charge is 0.356 e. The van der Waals surface area contributed by atoms with Gasteiger partial charge in [0, 0.05) is 34.2 Å². The van der Waals surface area contributed by atoms with E-state index in [1.54, 1.807) is 0 Å². The van der Waals surface area contributed by atoms with Crippen LogP contribution in [0.4, 0.5) is 0 Å². The van der Waals surface area contributed by atoms with Crippen molar-refractivity contribution in [2.24, 2.45) is 0 Å². The molecule has 0 spiro atoms. The van der Waals surface area contributed by atoms with Gasteiger partial charge in [0.25, 0.3) is 0 Å². The molecule has 10 heteroatoms. The number of benzene rings is 1. The van der Waals surface area contributed by atoms with E-state index in [4.69, 9.17) is 19.6 Å². The molecule has 2 aliphatic rings. The third kappa shape index (κ3) is 11.0. The highest BCUT2D eigenvalue weighted by Gasteiger charge is 2.41. The molecule has 2 saturated heterocycles. The van der Waals surface area contributed by atoms with Crippen LogP contribution in [0.1, 0.15) is 120 Å². The maximum absolute atomic E-state index is 12.8. The van der Waals surface area contributed by atoms with Crippen molar-refractivity contribution in [2.75, 3.05) is 27.2 Å². The molecule has 2 heterocycles. The van der Waals surface area contributed by atoms with Gasteiger partial charge in [-0.05, 0) is 134 Å². The highest BCUT2D eigenvalue weighted by atomic mass is 17.2. The van der Waals surface area contributed by atoms with Crippen molar-refractivity contribution >= 4 is 11.9 Å². The predicted molar refractivity (Wildman–Crippen MR) is 181 cm³/mol. The van der Waals surface area contributed by atoms with Gasteiger partial charge in [0.15, 0.2) is 0 Å². The van der Waals surface area contributed by atoms with Gasteiger partial charge in [0.05, 0.1) is 0 Å². The highest BCUT2D eigenvalue weighted by molar-refractivity contribution is 5.71. The van der Waals surface area contributed by atoms with E-state index >= 15 is 0 Å². The van der Waals surface area contributed by atoms with Crippen LogP contribution in [0.5, 0.6) is 0 Å². The van der Waals surface area contributed by atoms with Crippen molar-refractivity contribution in [1.82, 2.24) is 20.4 Å². The number of likely N-dealkylation sites (N-methyl/N-ethyl adjacent to an activating group) is 2. The molecule has 10 nitrogen and oxygen atoms in total. The summed E-state index contributed by atoms with van der Waals surface area (Å²) in [6.07, 6.45) is 3.74. The molecule has 0 saturated carbocycles. The minimum atomic E-state index is -0.884. The molecule has 0 aliphatic carbocycles. The molecule has 0 unspecified atom stereocenters. The molecule has 0 atom stereocenters. The molecule has 2 fully saturated rings. The van der Waals surface area contributed by atoms with Crippen molar-refractivity contribution in [2.45, 2.75) is 154 Å². The summed E-state index contributed by atoms with van der Waals surface area (Å²) in [5, 5.41) is 7.36. The predicted octanol–water partition coefficient (Wildman–Crippen LogP) is 5.59. The quantitative estimate of drug-likeness (QED) is 0.221. The Morgan fingerprint density at radius 1 is 0.630 bits per heavy atom. The fraction of sp³-hybridized carbons (Fsp3) is 0.778. The minimum Gasteiger partial charge on any atom is -0.307 e. The molecule has 0 bridgehead atoms. The van der Waals surface area contributed by atoms with Gasteiger partial charge in [-0.2, -0.15) is 9.78 Å². The average molecular weight is 647 g/mol. The van der Waals surface area contributed by atoms with Gasteiger partial charge in [0.2, 0.25) is 0 Å². The summed E-state index contributed by atoms with van der Waals surface area (Å²) >= 11 is 0. The Bertz CT molecular complexity index is 1080. The molecule has 46 heavy (non-hydrogen) atoms. The van der Waals surface area contributed by atoms with Crippen LogP contribution in [-0.4, -0.2) is 83.2 Å². The number of rotatable bonds is 12. The molecule has 0 radical (unpaired) electrons. The van der Waals surface area contributed by atoms with Crippen molar-refractivity contribution in [3.8, 4) is 0 Å². The van der Waals surface area contributed by atoms with Crippen molar-refractivity contribution in [3.63, 3.8) is 0 Å². The van der Waals surface area contributed by atoms with Gasteiger partial charge in [-0.3, -0.25) is 19.6 Å². The molecular weight excluding hydrogens is 584 g/mol. The molecule has 2 N–H and O–H groups in total. The molecule has 262 valence electrons. The van der Waals surface area contributed by atoms with E-state index in [1.165, 1.54) is 0 Å². The second-order valence-corrected chi connectivity index (χ2v) is 17.4. The van der Waals surface area contributed by atoms with E-state index < -0.39 is 23.1 Å². The first-order chi connectivity index (χ1) is 20.8. The second-order valence-electron chi connectivity index (χ2n) is 17.4. The summed E-state index contributed by atoms with van der Waals surface area (Å²) in [5.74, 6) is -0.869. The fourth-order valence-electron chi connectivity index (χ4n) is 7.55. The van der Waals surface area contributed by atoms with Crippen LogP contribution in [0.3, 0.4) is 0 Å². The number of carbonyl (C=O) groups is 2. The zero-order valence-corrected chi connectivity index (χ0v) is 31.1. The zero-order valence-electron chi connectivity index (χ0n) is 31.1. The highest BCUT2D eigenvalue weighted by Crippen LogP contribution is 2.33.